The topological polar surface area (TPSA) is 76.8 Å². The third kappa shape index (κ3) is 5.10. The Morgan fingerprint density at radius 2 is 1.76 bits per heavy atom. The zero-order valence-corrected chi connectivity index (χ0v) is 18.8. The second-order valence-electron chi connectivity index (χ2n) is 8.39. The normalized spacial score (nSPS) is 30.4. The molecule has 2 bridgehead atoms. The van der Waals surface area contributed by atoms with Gasteiger partial charge < -0.3 is 20.5 Å². The van der Waals surface area contributed by atoms with Gasteiger partial charge in [0.25, 0.3) is 0 Å². The van der Waals surface area contributed by atoms with Crippen molar-refractivity contribution in [2.45, 2.75) is 44.3 Å². The van der Waals surface area contributed by atoms with Crippen molar-refractivity contribution in [1.29, 1.82) is 0 Å². The number of likely N-dealkylation sites (tertiary alicyclic amines) is 1. The van der Waals surface area contributed by atoms with E-state index >= 15 is 0 Å². The van der Waals surface area contributed by atoms with Gasteiger partial charge in [-0.2, -0.15) is 0 Å². The molecule has 8 heteroatoms. The number of rotatable bonds is 6. The van der Waals surface area contributed by atoms with E-state index in [-0.39, 0.29) is 48.7 Å². The number of carbonyl (C=O) groups excluding carboxylic acids is 1. The lowest BCUT2D eigenvalue weighted by molar-refractivity contribution is -0.127. The molecule has 6 nitrogen and oxygen atoms in total. The van der Waals surface area contributed by atoms with Crippen LogP contribution in [0.15, 0.2) is 18.2 Å². The molecule has 3 N–H and O–H groups in total. The number of nitrogens with zero attached hydrogens (tertiary/aromatic N) is 1. The van der Waals surface area contributed by atoms with Crippen LogP contribution >= 0.6 is 24.8 Å². The number of fused-ring (bicyclic) bond motifs is 2. The molecule has 164 valence electrons. The number of amides is 1. The monoisotopic (exact) mass is 445 g/mol. The Balaban J connectivity index is 0.00000150. The van der Waals surface area contributed by atoms with Gasteiger partial charge in [-0.3, -0.25) is 9.69 Å². The van der Waals surface area contributed by atoms with E-state index in [1.54, 1.807) is 14.2 Å². The molecule has 1 heterocycles. The van der Waals surface area contributed by atoms with Crippen molar-refractivity contribution < 1.29 is 14.3 Å². The maximum Gasteiger partial charge on any atom is 0.225 e. The molecule has 5 unspecified atom stereocenters. The molecule has 2 aliphatic carbocycles. The van der Waals surface area contributed by atoms with E-state index in [2.05, 4.69) is 10.2 Å². The van der Waals surface area contributed by atoms with E-state index < -0.39 is 0 Å². The smallest absolute Gasteiger partial charge is 0.225 e. The summed E-state index contributed by atoms with van der Waals surface area (Å²) in [5.41, 5.74) is 7.49. The van der Waals surface area contributed by atoms with E-state index in [9.17, 15) is 4.79 Å². The number of nitrogens with two attached hydrogens (primary N) is 1. The summed E-state index contributed by atoms with van der Waals surface area (Å²) in [4.78, 5) is 15.2. The number of carbonyl (C=O) groups is 1. The van der Waals surface area contributed by atoms with Gasteiger partial charge in [0.05, 0.1) is 20.1 Å². The minimum Gasteiger partial charge on any atom is -0.497 e. The average Bonchev–Trinajstić information content (AvgIpc) is 3.38. The number of methoxy groups -OCH3 is 2. The highest BCUT2D eigenvalue weighted by Gasteiger charge is 2.49. The maximum absolute atomic E-state index is 12.8. The van der Waals surface area contributed by atoms with E-state index in [4.69, 9.17) is 15.2 Å². The lowest BCUT2D eigenvalue weighted by atomic mass is 9.84. The largest absolute Gasteiger partial charge is 0.497 e. The molecule has 4 rings (SSSR count). The summed E-state index contributed by atoms with van der Waals surface area (Å²) in [5, 5.41) is 3.29. The van der Waals surface area contributed by atoms with Gasteiger partial charge in [-0.25, -0.2) is 0 Å². The second kappa shape index (κ2) is 10.2. The molecule has 0 aromatic heterocycles. The maximum atomic E-state index is 12.8. The van der Waals surface area contributed by atoms with Crippen molar-refractivity contribution in [1.82, 2.24) is 10.2 Å². The van der Waals surface area contributed by atoms with Crippen molar-refractivity contribution in [3.63, 3.8) is 0 Å². The van der Waals surface area contributed by atoms with E-state index in [1.165, 1.54) is 12.8 Å². The summed E-state index contributed by atoms with van der Waals surface area (Å²) < 4.78 is 10.7. The van der Waals surface area contributed by atoms with Gasteiger partial charge in [-0.15, -0.1) is 24.8 Å². The molecule has 1 aromatic carbocycles. The van der Waals surface area contributed by atoms with E-state index in [0.717, 1.165) is 49.5 Å². The molecule has 3 fully saturated rings. The number of ether oxygens (including phenoxy) is 2. The van der Waals surface area contributed by atoms with Gasteiger partial charge in [0.2, 0.25) is 5.91 Å². The van der Waals surface area contributed by atoms with E-state index in [0.29, 0.717) is 11.8 Å². The molecular formula is C21H33Cl2N3O3. The van der Waals surface area contributed by atoms with Gasteiger partial charge in [-0.1, -0.05) is 0 Å². The predicted molar refractivity (Wildman–Crippen MR) is 118 cm³/mol. The predicted octanol–water partition coefficient (Wildman–Crippen LogP) is 2.61. The van der Waals surface area contributed by atoms with Gasteiger partial charge in [0, 0.05) is 37.8 Å². The van der Waals surface area contributed by atoms with Crippen molar-refractivity contribution in [3.05, 3.63) is 23.8 Å². The Kier molecular flexibility index (Phi) is 8.47. The molecular weight excluding hydrogens is 413 g/mol. The standard InChI is InChI=1S/C21H31N3O3.2ClH/c1-26-17-7-13(8-18(10-17)27-2)11-24-6-5-16(12-24)23-21(25)19-14-3-4-15(9-14)20(19)22;;/h7-8,10,14-16,19-20H,3-6,9,11-12,22H2,1-2H3,(H,23,25);2*1H. The molecule has 3 aliphatic rings. The van der Waals surface area contributed by atoms with Crippen LogP contribution in [-0.4, -0.2) is 50.2 Å². The molecule has 5 atom stereocenters. The van der Waals surface area contributed by atoms with Crippen molar-refractivity contribution >= 4 is 30.7 Å². The zero-order valence-electron chi connectivity index (χ0n) is 17.1. The van der Waals surface area contributed by atoms with Crippen LogP contribution in [0, 0.1) is 17.8 Å². The molecule has 29 heavy (non-hydrogen) atoms. The van der Waals surface area contributed by atoms with Crippen LogP contribution in [0.4, 0.5) is 0 Å². The Bertz CT molecular complexity index is 681. The Morgan fingerprint density at radius 1 is 1.10 bits per heavy atom. The number of halogens is 2. The third-order valence-corrected chi connectivity index (χ3v) is 6.72. The lowest BCUT2D eigenvalue weighted by Gasteiger charge is -2.28. The molecule has 0 radical (unpaired) electrons. The van der Waals surface area contributed by atoms with Crippen LogP contribution < -0.4 is 20.5 Å². The van der Waals surface area contributed by atoms with Crippen molar-refractivity contribution in [2.75, 3.05) is 27.3 Å². The average molecular weight is 446 g/mol. The summed E-state index contributed by atoms with van der Waals surface area (Å²) in [5.74, 6) is 2.89. The van der Waals surface area contributed by atoms with Crippen LogP contribution in [-0.2, 0) is 11.3 Å². The summed E-state index contributed by atoms with van der Waals surface area (Å²) in [6.45, 7) is 2.68. The summed E-state index contributed by atoms with van der Waals surface area (Å²) in [6.07, 6.45) is 4.51. The Labute approximate surface area is 185 Å². The van der Waals surface area contributed by atoms with Crippen LogP contribution in [0.5, 0.6) is 11.5 Å². The number of benzene rings is 1. The fraction of sp³-hybridized carbons (Fsp3) is 0.667. The van der Waals surface area contributed by atoms with Crippen LogP contribution in [0.1, 0.15) is 31.2 Å². The minimum atomic E-state index is 0. The summed E-state index contributed by atoms with van der Waals surface area (Å²) in [7, 11) is 3.33. The summed E-state index contributed by atoms with van der Waals surface area (Å²) in [6, 6.07) is 6.25. The quantitative estimate of drug-likeness (QED) is 0.703. The van der Waals surface area contributed by atoms with Gasteiger partial charge in [-0.05, 0) is 55.2 Å². The highest BCUT2D eigenvalue weighted by molar-refractivity contribution is 5.85. The second-order valence-corrected chi connectivity index (χ2v) is 8.39. The first-order valence-corrected chi connectivity index (χ1v) is 10.1. The molecule has 2 saturated carbocycles. The van der Waals surface area contributed by atoms with Crippen LogP contribution in [0.3, 0.4) is 0 Å². The zero-order chi connectivity index (χ0) is 19.0. The highest BCUT2D eigenvalue weighted by atomic mass is 35.5. The fourth-order valence-corrected chi connectivity index (χ4v) is 5.33. The van der Waals surface area contributed by atoms with Crippen LogP contribution in [0.25, 0.3) is 0 Å². The highest BCUT2D eigenvalue weighted by Crippen LogP contribution is 2.47. The fourth-order valence-electron chi connectivity index (χ4n) is 5.33. The van der Waals surface area contributed by atoms with Gasteiger partial charge in [0.1, 0.15) is 11.5 Å². The Morgan fingerprint density at radius 3 is 2.34 bits per heavy atom. The number of hydrogen-bond donors (Lipinski definition) is 2. The third-order valence-electron chi connectivity index (χ3n) is 6.72. The van der Waals surface area contributed by atoms with Gasteiger partial charge in [0.15, 0.2) is 0 Å². The molecule has 1 saturated heterocycles. The molecule has 0 spiro atoms. The summed E-state index contributed by atoms with van der Waals surface area (Å²) >= 11 is 0. The number of hydrogen-bond acceptors (Lipinski definition) is 5. The molecule has 1 aromatic rings. The van der Waals surface area contributed by atoms with Crippen molar-refractivity contribution in [2.24, 2.45) is 23.5 Å². The van der Waals surface area contributed by atoms with Gasteiger partial charge >= 0.3 is 0 Å². The van der Waals surface area contributed by atoms with Crippen LogP contribution in [0.2, 0.25) is 0 Å². The molecule has 1 amide bonds. The lowest BCUT2D eigenvalue weighted by Crippen LogP contribution is -2.48. The first kappa shape index (κ1) is 24.1. The first-order chi connectivity index (χ1) is 13.1. The molecule has 1 aliphatic heterocycles. The van der Waals surface area contributed by atoms with Crippen molar-refractivity contribution in [3.8, 4) is 11.5 Å². The first-order valence-electron chi connectivity index (χ1n) is 10.1. The Hall–Kier alpha value is -1.21. The number of nitrogens with one attached hydrogen (secondary N) is 1. The minimum absolute atomic E-state index is 0. The SMILES string of the molecule is COc1cc(CN2CCC(NC(=O)C3C4CCC(C4)C3N)C2)cc(OC)c1.Cl.Cl. The van der Waals surface area contributed by atoms with E-state index in [1.807, 2.05) is 18.2 Å².